The average Bonchev–Trinajstić information content (AvgIpc) is 2.62. The molecule has 2 rings (SSSR count). The fourth-order valence-electron chi connectivity index (χ4n) is 1.76. The zero-order valence-electron chi connectivity index (χ0n) is 10.6. The van der Waals surface area contributed by atoms with Gasteiger partial charge in [-0.2, -0.15) is 0 Å². The van der Waals surface area contributed by atoms with Crippen molar-refractivity contribution in [2.75, 3.05) is 6.54 Å². The second-order valence-corrected chi connectivity index (χ2v) is 5.24. The molecule has 19 heavy (non-hydrogen) atoms. The van der Waals surface area contributed by atoms with E-state index in [1.54, 1.807) is 18.2 Å². The standard InChI is InChI=1S/C14H14FNO2S/c1-2-3-7-16-13(17)12(19-14(16)18)9-10-5-4-6-11(15)8-10/h4-6,8-9H,2-3,7H2,1H3/b12-9-. The van der Waals surface area contributed by atoms with Gasteiger partial charge < -0.3 is 0 Å². The fourth-order valence-corrected chi connectivity index (χ4v) is 2.62. The number of amides is 2. The summed E-state index contributed by atoms with van der Waals surface area (Å²) in [6.07, 6.45) is 3.27. The first-order valence-corrected chi connectivity index (χ1v) is 6.94. The quantitative estimate of drug-likeness (QED) is 0.789. The molecule has 0 aliphatic carbocycles. The molecule has 0 aromatic heterocycles. The molecule has 0 radical (unpaired) electrons. The smallest absolute Gasteiger partial charge is 0.268 e. The van der Waals surface area contributed by atoms with Gasteiger partial charge >= 0.3 is 0 Å². The number of nitrogens with zero attached hydrogens (tertiary/aromatic N) is 1. The number of hydrogen-bond acceptors (Lipinski definition) is 3. The van der Waals surface area contributed by atoms with E-state index in [2.05, 4.69) is 0 Å². The summed E-state index contributed by atoms with van der Waals surface area (Å²) in [5.74, 6) is -0.647. The molecule has 1 aliphatic heterocycles. The molecule has 100 valence electrons. The van der Waals surface area contributed by atoms with Gasteiger partial charge in [-0.1, -0.05) is 25.5 Å². The molecular formula is C14H14FNO2S. The normalized spacial score (nSPS) is 17.6. The van der Waals surface area contributed by atoms with Crippen molar-refractivity contribution in [3.63, 3.8) is 0 Å². The summed E-state index contributed by atoms with van der Waals surface area (Å²) in [4.78, 5) is 25.3. The van der Waals surface area contributed by atoms with Crippen LogP contribution in [0.2, 0.25) is 0 Å². The zero-order chi connectivity index (χ0) is 13.8. The molecule has 1 aromatic rings. The molecule has 3 nitrogen and oxygen atoms in total. The molecule has 0 atom stereocenters. The summed E-state index contributed by atoms with van der Waals surface area (Å²) in [5.41, 5.74) is 0.584. The number of imide groups is 1. The highest BCUT2D eigenvalue weighted by molar-refractivity contribution is 8.18. The molecule has 0 bridgehead atoms. The van der Waals surface area contributed by atoms with Gasteiger partial charge in [0.2, 0.25) is 0 Å². The Balaban J connectivity index is 2.18. The van der Waals surface area contributed by atoms with Crippen molar-refractivity contribution in [2.24, 2.45) is 0 Å². The SMILES string of the molecule is CCCCN1C(=O)S/C(=C\c2cccc(F)c2)C1=O. The van der Waals surface area contributed by atoms with Crippen molar-refractivity contribution in [1.29, 1.82) is 0 Å². The highest BCUT2D eigenvalue weighted by Crippen LogP contribution is 2.32. The lowest BCUT2D eigenvalue weighted by atomic mass is 10.2. The molecule has 0 unspecified atom stereocenters. The van der Waals surface area contributed by atoms with Crippen LogP contribution < -0.4 is 0 Å². The largest absolute Gasteiger partial charge is 0.293 e. The maximum atomic E-state index is 13.1. The van der Waals surface area contributed by atoms with Crippen molar-refractivity contribution in [3.05, 3.63) is 40.6 Å². The Labute approximate surface area is 115 Å². The van der Waals surface area contributed by atoms with Crippen molar-refractivity contribution < 1.29 is 14.0 Å². The molecule has 2 amide bonds. The third kappa shape index (κ3) is 3.23. The fraction of sp³-hybridized carbons (Fsp3) is 0.286. The molecule has 1 aliphatic rings. The van der Waals surface area contributed by atoms with Crippen LogP contribution in [0, 0.1) is 5.82 Å². The zero-order valence-corrected chi connectivity index (χ0v) is 11.4. The van der Waals surface area contributed by atoms with Crippen molar-refractivity contribution in [1.82, 2.24) is 4.90 Å². The maximum Gasteiger partial charge on any atom is 0.293 e. The first-order chi connectivity index (χ1) is 9.11. The van der Waals surface area contributed by atoms with E-state index in [9.17, 15) is 14.0 Å². The monoisotopic (exact) mass is 279 g/mol. The van der Waals surface area contributed by atoms with Crippen LogP contribution >= 0.6 is 11.8 Å². The van der Waals surface area contributed by atoms with E-state index in [0.717, 1.165) is 24.6 Å². The third-order valence-corrected chi connectivity index (χ3v) is 3.66. The van der Waals surface area contributed by atoms with Crippen LogP contribution in [-0.4, -0.2) is 22.6 Å². The van der Waals surface area contributed by atoms with E-state index < -0.39 is 0 Å². The molecule has 1 saturated heterocycles. The van der Waals surface area contributed by atoms with E-state index in [-0.39, 0.29) is 17.0 Å². The number of unbranched alkanes of at least 4 members (excludes halogenated alkanes) is 1. The Kier molecular flexibility index (Phi) is 4.37. The van der Waals surface area contributed by atoms with Gasteiger partial charge in [0, 0.05) is 6.54 Å². The second-order valence-electron chi connectivity index (χ2n) is 4.24. The van der Waals surface area contributed by atoms with Crippen LogP contribution in [0.3, 0.4) is 0 Å². The molecule has 1 fully saturated rings. The van der Waals surface area contributed by atoms with E-state index in [1.165, 1.54) is 17.0 Å². The highest BCUT2D eigenvalue weighted by atomic mass is 32.2. The minimum Gasteiger partial charge on any atom is -0.268 e. The number of thioether (sulfide) groups is 1. The number of rotatable bonds is 4. The molecule has 0 N–H and O–H groups in total. The van der Waals surface area contributed by atoms with Gasteiger partial charge in [-0.25, -0.2) is 4.39 Å². The van der Waals surface area contributed by atoms with Crippen LogP contribution in [0.4, 0.5) is 9.18 Å². The van der Waals surface area contributed by atoms with Crippen LogP contribution in [0.25, 0.3) is 6.08 Å². The molecule has 1 aromatic carbocycles. The first-order valence-electron chi connectivity index (χ1n) is 6.12. The van der Waals surface area contributed by atoms with Crippen LogP contribution in [0.1, 0.15) is 25.3 Å². The van der Waals surface area contributed by atoms with Crippen molar-refractivity contribution in [2.45, 2.75) is 19.8 Å². The van der Waals surface area contributed by atoms with Gasteiger partial charge in [0.1, 0.15) is 5.82 Å². The Morgan fingerprint density at radius 2 is 2.16 bits per heavy atom. The summed E-state index contributed by atoms with van der Waals surface area (Å²) in [6.45, 7) is 2.45. The number of halogens is 1. The number of hydrogen-bond donors (Lipinski definition) is 0. The van der Waals surface area contributed by atoms with E-state index >= 15 is 0 Å². The molecule has 1 heterocycles. The predicted octanol–water partition coefficient (Wildman–Crippen LogP) is 3.66. The third-order valence-electron chi connectivity index (χ3n) is 2.76. The van der Waals surface area contributed by atoms with Gasteiger partial charge in [-0.3, -0.25) is 14.5 Å². The van der Waals surface area contributed by atoms with Crippen molar-refractivity contribution >= 4 is 29.0 Å². The topological polar surface area (TPSA) is 37.4 Å². The van der Waals surface area contributed by atoms with Crippen LogP contribution in [0.15, 0.2) is 29.2 Å². The maximum absolute atomic E-state index is 13.1. The minimum atomic E-state index is -0.362. The average molecular weight is 279 g/mol. The summed E-state index contributed by atoms with van der Waals surface area (Å²) in [5, 5.41) is -0.249. The number of benzene rings is 1. The van der Waals surface area contributed by atoms with Crippen LogP contribution in [0.5, 0.6) is 0 Å². The minimum absolute atomic E-state index is 0.249. The van der Waals surface area contributed by atoms with Gasteiger partial charge in [0.25, 0.3) is 11.1 Å². The van der Waals surface area contributed by atoms with E-state index in [4.69, 9.17) is 0 Å². The predicted molar refractivity (Wildman–Crippen MR) is 74.0 cm³/mol. The lowest BCUT2D eigenvalue weighted by Gasteiger charge is -2.10. The first kappa shape index (κ1) is 13.8. The Bertz CT molecular complexity index is 542. The molecule has 0 saturated carbocycles. The van der Waals surface area contributed by atoms with Crippen LogP contribution in [-0.2, 0) is 4.79 Å². The molecular weight excluding hydrogens is 265 g/mol. The summed E-state index contributed by atoms with van der Waals surface area (Å²) in [7, 11) is 0. The van der Waals surface area contributed by atoms with Gasteiger partial charge in [0.15, 0.2) is 0 Å². The second kappa shape index (κ2) is 6.02. The molecule has 0 spiro atoms. The Hall–Kier alpha value is -1.62. The highest BCUT2D eigenvalue weighted by Gasteiger charge is 2.34. The molecule has 5 heteroatoms. The van der Waals surface area contributed by atoms with Gasteiger partial charge in [-0.05, 0) is 42.0 Å². The lowest BCUT2D eigenvalue weighted by Crippen LogP contribution is -2.29. The summed E-state index contributed by atoms with van der Waals surface area (Å²) < 4.78 is 13.1. The van der Waals surface area contributed by atoms with E-state index in [1.807, 2.05) is 6.92 Å². The van der Waals surface area contributed by atoms with Gasteiger partial charge in [-0.15, -0.1) is 0 Å². The van der Waals surface area contributed by atoms with Crippen molar-refractivity contribution in [3.8, 4) is 0 Å². The van der Waals surface area contributed by atoms with E-state index in [0.29, 0.717) is 17.0 Å². The Morgan fingerprint density at radius 1 is 1.37 bits per heavy atom. The van der Waals surface area contributed by atoms with Gasteiger partial charge in [0.05, 0.1) is 4.91 Å². The summed E-state index contributed by atoms with van der Waals surface area (Å²) in [6, 6.07) is 5.94. The Morgan fingerprint density at radius 3 is 2.84 bits per heavy atom. The lowest BCUT2D eigenvalue weighted by molar-refractivity contribution is -0.122. The summed E-state index contributed by atoms with van der Waals surface area (Å²) >= 11 is 0.909. The number of carbonyl (C=O) groups is 2. The number of carbonyl (C=O) groups excluding carboxylic acids is 2.